The lowest BCUT2D eigenvalue weighted by molar-refractivity contribution is 0.752. The Hall–Kier alpha value is -1.52. The van der Waals surface area contributed by atoms with E-state index in [9.17, 15) is 0 Å². The second-order valence-electron chi connectivity index (χ2n) is 6.70. The van der Waals surface area contributed by atoms with Crippen molar-refractivity contribution in [3.8, 4) is 11.4 Å². The Balaban J connectivity index is 1.25. The molecule has 31 heavy (non-hydrogen) atoms. The molecule has 0 N–H and O–H groups in total. The van der Waals surface area contributed by atoms with Crippen molar-refractivity contribution >= 4 is 55.9 Å². The molecule has 0 aliphatic carbocycles. The first-order chi connectivity index (χ1) is 15.2. The van der Waals surface area contributed by atoms with Gasteiger partial charge in [0.15, 0.2) is 0 Å². The summed E-state index contributed by atoms with van der Waals surface area (Å²) >= 11 is 10.1. The molecule has 0 radical (unpaired) electrons. The summed E-state index contributed by atoms with van der Waals surface area (Å²) in [5, 5.41) is 0. The lowest BCUT2D eigenvalue weighted by atomic mass is 10.1. The highest BCUT2D eigenvalue weighted by Crippen LogP contribution is 2.25. The summed E-state index contributed by atoms with van der Waals surface area (Å²) in [4.78, 5) is 8.31. The Bertz CT molecular complexity index is 1020. The van der Waals surface area contributed by atoms with Crippen LogP contribution in [0.25, 0.3) is 11.4 Å². The Morgan fingerprint density at radius 3 is 1.65 bits per heavy atom. The molecule has 0 aliphatic heterocycles. The molecule has 0 unspecified atom stereocenters. The van der Waals surface area contributed by atoms with E-state index in [-0.39, 0.29) is 0 Å². The first kappa shape index (κ1) is 22.7. The van der Waals surface area contributed by atoms with Crippen molar-refractivity contribution in [2.24, 2.45) is 0 Å². The standard InChI is InChI=1S/C22H20Br2N4OS2/c23-19-1-3-21(27-9-7-25-15-27)17(13-19)5-11-30-29-31-12-6-18-14-20(24)2-4-22(18)28-10-8-26-16-28/h1-4,7-10,13-16H,5-6,11-12H2. The van der Waals surface area contributed by atoms with Gasteiger partial charge in [-0.25, -0.2) is 13.6 Å². The maximum absolute atomic E-state index is 5.77. The molecule has 0 saturated carbocycles. The van der Waals surface area contributed by atoms with Gasteiger partial charge in [-0.2, -0.15) is 0 Å². The summed E-state index contributed by atoms with van der Waals surface area (Å²) in [7, 11) is 0. The van der Waals surface area contributed by atoms with Crippen molar-refractivity contribution < 1.29 is 3.63 Å². The number of halogens is 2. The van der Waals surface area contributed by atoms with Crippen LogP contribution in [0.4, 0.5) is 0 Å². The molecule has 0 aliphatic rings. The minimum absolute atomic E-state index is 0.877. The molecule has 4 aromatic rings. The van der Waals surface area contributed by atoms with E-state index in [2.05, 4.69) is 78.2 Å². The van der Waals surface area contributed by atoms with Gasteiger partial charge < -0.3 is 9.13 Å². The lowest BCUT2D eigenvalue weighted by Crippen LogP contribution is -2.00. The van der Waals surface area contributed by atoms with Gasteiger partial charge in [0, 0.05) is 80.7 Å². The molecule has 5 nitrogen and oxygen atoms in total. The molecule has 2 heterocycles. The third-order valence-electron chi connectivity index (χ3n) is 4.65. The summed E-state index contributed by atoms with van der Waals surface area (Å²) in [5.41, 5.74) is 4.81. The van der Waals surface area contributed by atoms with Crippen molar-refractivity contribution in [2.45, 2.75) is 12.8 Å². The van der Waals surface area contributed by atoms with Crippen LogP contribution >= 0.6 is 55.9 Å². The highest BCUT2D eigenvalue weighted by molar-refractivity contribution is 9.10. The first-order valence-corrected chi connectivity index (χ1v) is 13.1. The lowest BCUT2D eigenvalue weighted by Gasteiger charge is -2.11. The van der Waals surface area contributed by atoms with Crippen molar-refractivity contribution in [3.05, 3.63) is 93.9 Å². The normalized spacial score (nSPS) is 11.2. The fourth-order valence-electron chi connectivity index (χ4n) is 3.22. The summed E-state index contributed by atoms with van der Waals surface area (Å²) in [6.45, 7) is 0. The number of aromatic nitrogens is 4. The molecule has 0 fully saturated rings. The summed E-state index contributed by atoms with van der Waals surface area (Å²) in [6, 6.07) is 12.6. The van der Waals surface area contributed by atoms with Crippen LogP contribution in [0.3, 0.4) is 0 Å². The molecule has 0 saturated heterocycles. The Labute approximate surface area is 207 Å². The van der Waals surface area contributed by atoms with Crippen LogP contribution in [0.2, 0.25) is 0 Å². The zero-order valence-electron chi connectivity index (χ0n) is 16.5. The van der Waals surface area contributed by atoms with Crippen molar-refractivity contribution in [1.82, 2.24) is 19.1 Å². The van der Waals surface area contributed by atoms with Gasteiger partial charge in [0.25, 0.3) is 0 Å². The number of rotatable bonds is 10. The average molecular weight is 580 g/mol. The molecule has 9 heteroatoms. The number of hydrogen-bond acceptors (Lipinski definition) is 5. The number of imidazole rings is 2. The van der Waals surface area contributed by atoms with E-state index in [0.29, 0.717) is 0 Å². The van der Waals surface area contributed by atoms with Gasteiger partial charge >= 0.3 is 0 Å². The molecule has 160 valence electrons. The van der Waals surface area contributed by atoms with Crippen LogP contribution in [-0.4, -0.2) is 30.6 Å². The largest absolute Gasteiger partial charge is 0.306 e. The summed E-state index contributed by atoms with van der Waals surface area (Å²) < 4.78 is 12.0. The van der Waals surface area contributed by atoms with E-state index < -0.39 is 0 Å². The molecule has 0 atom stereocenters. The van der Waals surface area contributed by atoms with Gasteiger partial charge in [-0.1, -0.05) is 31.9 Å². The molecule has 0 bridgehead atoms. The van der Waals surface area contributed by atoms with Gasteiger partial charge in [-0.3, -0.25) is 0 Å². The average Bonchev–Trinajstić information content (AvgIpc) is 3.48. The van der Waals surface area contributed by atoms with Gasteiger partial charge in [-0.05, 0) is 60.4 Å². The van der Waals surface area contributed by atoms with E-state index >= 15 is 0 Å². The quantitative estimate of drug-likeness (QED) is 0.155. The maximum Gasteiger partial charge on any atom is 0.0991 e. The predicted molar refractivity (Wildman–Crippen MR) is 136 cm³/mol. The first-order valence-electron chi connectivity index (χ1n) is 9.65. The predicted octanol–water partition coefficient (Wildman–Crippen LogP) is 6.68. The number of hydrogen-bond donors (Lipinski definition) is 0. The van der Waals surface area contributed by atoms with Crippen LogP contribution in [0.15, 0.2) is 82.8 Å². The van der Waals surface area contributed by atoms with Crippen LogP contribution in [0, 0.1) is 0 Å². The molecule has 2 aromatic heterocycles. The topological polar surface area (TPSA) is 44.9 Å². The van der Waals surface area contributed by atoms with Crippen LogP contribution < -0.4 is 0 Å². The fraction of sp³-hybridized carbons (Fsp3) is 0.182. The summed E-state index contributed by atoms with van der Waals surface area (Å²) in [6.07, 6.45) is 13.0. The highest BCUT2D eigenvalue weighted by Gasteiger charge is 2.08. The highest BCUT2D eigenvalue weighted by atomic mass is 79.9. The smallest absolute Gasteiger partial charge is 0.0991 e. The molecule has 4 rings (SSSR count). The monoisotopic (exact) mass is 578 g/mol. The Kier molecular flexibility index (Phi) is 8.32. The molecular weight excluding hydrogens is 560 g/mol. The van der Waals surface area contributed by atoms with Crippen LogP contribution in [-0.2, 0) is 16.5 Å². The maximum atomic E-state index is 5.77. The molecule has 0 spiro atoms. The second kappa shape index (κ2) is 11.4. The third kappa shape index (κ3) is 6.26. The van der Waals surface area contributed by atoms with E-state index in [0.717, 1.165) is 44.7 Å². The fourth-order valence-corrected chi connectivity index (χ4v) is 5.46. The van der Waals surface area contributed by atoms with E-state index in [1.54, 1.807) is 12.4 Å². The van der Waals surface area contributed by atoms with E-state index in [1.165, 1.54) is 35.2 Å². The third-order valence-corrected chi connectivity index (χ3v) is 7.15. The Morgan fingerprint density at radius 1 is 0.742 bits per heavy atom. The SMILES string of the molecule is Brc1ccc(-n2ccnc2)c(CCSOSCCc2cc(Br)ccc2-n2ccnc2)c1. The van der Waals surface area contributed by atoms with Crippen molar-refractivity contribution in [2.75, 3.05) is 11.5 Å². The van der Waals surface area contributed by atoms with Crippen LogP contribution in [0.1, 0.15) is 11.1 Å². The second-order valence-corrected chi connectivity index (χ2v) is 10.4. The van der Waals surface area contributed by atoms with E-state index in [4.69, 9.17) is 3.63 Å². The minimum atomic E-state index is 0.877. The van der Waals surface area contributed by atoms with Crippen LogP contribution in [0.5, 0.6) is 0 Å². The van der Waals surface area contributed by atoms with Gasteiger partial charge in [0.05, 0.1) is 12.7 Å². The van der Waals surface area contributed by atoms with Crippen molar-refractivity contribution in [3.63, 3.8) is 0 Å². The number of nitrogens with zero attached hydrogens (tertiary/aromatic N) is 4. The zero-order chi connectivity index (χ0) is 21.5. The molecular formula is C22H20Br2N4OS2. The Morgan fingerprint density at radius 2 is 1.23 bits per heavy atom. The van der Waals surface area contributed by atoms with Gasteiger partial charge in [0.2, 0.25) is 0 Å². The van der Waals surface area contributed by atoms with Gasteiger partial charge in [0.1, 0.15) is 0 Å². The van der Waals surface area contributed by atoms with Crippen molar-refractivity contribution in [1.29, 1.82) is 0 Å². The minimum Gasteiger partial charge on any atom is -0.306 e. The summed E-state index contributed by atoms with van der Waals surface area (Å²) in [5.74, 6) is 1.75. The molecule has 2 aromatic carbocycles. The number of benzene rings is 2. The van der Waals surface area contributed by atoms with Gasteiger partial charge in [-0.15, -0.1) is 0 Å². The zero-order valence-corrected chi connectivity index (χ0v) is 21.3. The number of aryl methyl sites for hydroxylation is 2. The van der Waals surface area contributed by atoms with E-state index in [1.807, 2.05) is 34.2 Å². The molecule has 0 amide bonds.